The Balaban J connectivity index is 1.16. The maximum atomic E-state index is 13.1. The molecule has 0 unspecified atom stereocenters. The first-order valence-corrected chi connectivity index (χ1v) is 17.2. The minimum absolute atomic E-state index is 0.0299. The van der Waals surface area contributed by atoms with Crippen LogP contribution in [0, 0.1) is 0 Å². The van der Waals surface area contributed by atoms with Crippen LogP contribution in [0.5, 0.6) is 0 Å². The molecule has 2 amide bonds. The smallest absolute Gasteiger partial charge is 0.392 e. The van der Waals surface area contributed by atoms with Gasteiger partial charge in [-0.1, -0.05) is 91.0 Å². The molecule has 0 bridgehead atoms. The summed E-state index contributed by atoms with van der Waals surface area (Å²) < 4.78 is 52.2. The Morgan fingerprint density at radius 3 is 2.29 bits per heavy atom. The van der Waals surface area contributed by atoms with E-state index in [-0.39, 0.29) is 38.3 Å². The van der Waals surface area contributed by atoms with Crippen molar-refractivity contribution in [3.8, 4) is 11.1 Å². The highest BCUT2D eigenvalue weighted by molar-refractivity contribution is 7.99. The molecule has 2 saturated heterocycles. The van der Waals surface area contributed by atoms with Gasteiger partial charge in [-0.25, -0.2) is 0 Å². The summed E-state index contributed by atoms with van der Waals surface area (Å²) in [5.74, 6) is -1.84. The van der Waals surface area contributed by atoms with Gasteiger partial charge in [0.2, 0.25) is 5.91 Å². The number of amides is 2. The van der Waals surface area contributed by atoms with E-state index in [9.17, 15) is 27.9 Å². The molecule has 256 valence electrons. The standard InChI is InChI=1S/C38H37F3N2O5S/c39-38(40,41)37(46)43-20-6-11-33(43)35(45)42-22-29-7-4-5-10-32(29)26-16-18-28(19-17-26)36-47-30(24-49-31-8-2-1-3-9-31)21-34(48-36)27-14-12-25(23-44)13-15-27/h1-5,7-10,12-19,30,33-34,36,44H,6,11,20-24H2,(H,42,45)/t30-,33+,34+,36+/m1/s1. The molecule has 0 spiro atoms. The minimum Gasteiger partial charge on any atom is -0.392 e. The molecule has 2 N–H and O–H groups in total. The number of likely N-dealkylation sites (tertiary alicyclic amines) is 1. The second-order valence-electron chi connectivity index (χ2n) is 12.1. The number of alkyl halides is 3. The maximum Gasteiger partial charge on any atom is 0.471 e. The molecule has 7 nitrogen and oxygen atoms in total. The lowest BCUT2D eigenvalue weighted by Crippen LogP contribution is -2.50. The summed E-state index contributed by atoms with van der Waals surface area (Å²) >= 11 is 1.73. The van der Waals surface area contributed by atoms with Gasteiger partial charge in [0.05, 0.1) is 18.8 Å². The second kappa shape index (κ2) is 15.6. The average Bonchev–Trinajstić information content (AvgIpc) is 3.63. The van der Waals surface area contributed by atoms with E-state index >= 15 is 0 Å². The molecule has 0 saturated carbocycles. The van der Waals surface area contributed by atoms with Gasteiger partial charge < -0.3 is 24.8 Å². The number of hydrogen-bond donors (Lipinski definition) is 2. The van der Waals surface area contributed by atoms with Crippen LogP contribution >= 0.6 is 11.8 Å². The van der Waals surface area contributed by atoms with Crippen molar-refractivity contribution in [1.82, 2.24) is 10.2 Å². The topological polar surface area (TPSA) is 88.1 Å². The quantitative estimate of drug-likeness (QED) is 0.169. The van der Waals surface area contributed by atoms with Gasteiger partial charge in [-0.3, -0.25) is 9.59 Å². The van der Waals surface area contributed by atoms with Crippen LogP contribution in [-0.2, 0) is 32.2 Å². The van der Waals surface area contributed by atoms with Crippen molar-refractivity contribution in [2.45, 2.75) is 68.0 Å². The van der Waals surface area contributed by atoms with Crippen LogP contribution in [0.25, 0.3) is 11.1 Å². The summed E-state index contributed by atoms with van der Waals surface area (Å²) in [4.78, 5) is 26.6. The second-order valence-corrected chi connectivity index (χ2v) is 13.2. The van der Waals surface area contributed by atoms with Crippen molar-refractivity contribution < 1.29 is 37.3 Å². The van der Waals surface area contributed by atoms with Crippen LogP contribution in [0.2, 0.25) is 0 Å². The number of carbonyl (C=O) groups excluding carboxylic acids is 2. The van der Waals surface area contributed by atoms with E-state index in [4.69, 9.17) is 9.47 Å². The number of nitrogens with zero attached hydrogens (tertiary/aromatic N) is 1. The van der Waals surface area contributed by atoms with E-state index in [1.807, 2.05) is 91.0 Å². The summed E-state index contributed by atoms with van der Waals surface area (Å²) in [6.45, 7) is -0.0391. The van der Waals surface area contributed by atoms with Crippen LogP contribution in [0.15, 0.2) is 108 Å². The Morgan fingerprint density at radius 1 is 0.878 bits per heavy atom. The lowest BCUT2D eigenvalue weighted by Gasteiger charge is -2.36. The zero-order valence-electron chi connectivity index (χ0n) is 26.6. The number of nitrogens with one attached hydrogen (secondary N) is 1. The Hall–Kier alpha value is -4.16. The third-order valence-corrected chi connectivity index (χ3v) is 9.96. The SMILES string of the molecule is O=C(NCc1ccccc1-c1ccc([C@H]2O[C@@H](CSc3ccccc3)C[C@@H](c3ccc(CO)cc3)O2)cc1)[C@@H]1CCCN1C(=O)C(F)(F)F. The highest BCUT2D eigenvalue weighted by Crippen LogP contribution is 2.40. The largest absolute Gasteiger partial charge is 0.471 e. The number of thioether (sulfide) groups is 1. The van der Waals surface area contributed by atoms with Crippen molar-refractivity contribution in [3.63, 3.8) is 0 Å². The molecule has 2 aliphatic heterocycles. The summed E-state index contributed by atoms with van der Waals surface area (Å²) in [5.41, 5.74) is 5.20. The molecule has 6 rings (SSSR count). The van der Waals surface area contributed by atoms with E-state index in [2.05, 4.69) is 17.4 Å². The van der Waals surface area contributed by atoms with E-state index in [0.29, 0.717) is 17.7 Å². The first-order chi connectivity index (χ1) is 23.7. The van der Waals surface area contributed by atoms with Crippen LogP contribution in [0.3, 0.4) is 0 Å². The predicted molar refractivity (Wildman–Crippen MR) is 180 cm³/mol. The molecule has 49 heavy (non-hydrogen) atoms. The molecule has 11 heteroatoms. The molecular formula is C38H37F3N2O5S. The number of aliphatic hydroxyl groups is 1. The van der Waals surface area contributed by atoms with Crippen molar-refractivity contribution in [1.29, 1.82) is 0 Å². The molecule has 2 heterocycles. The lowest BCUT2D eigenvalue weighted by molar-refractivity contribution is -0.245. The lowest BCUT2D eigenvalue weighted by atomic mass is 9.97. The number of aliphatic hydroxyl groups excluding tert-OH is 1. The van der Waals surface area contributed by atoms with Crippen LogP contribution in [-0.4, -0.2) is 52.4 Å². The Kier molecular flexibility index (Phi) is 11.0. The molecule has 0 radical (unpaired) electrons. The summed E-state index contributed by atoms with van der Waals surface area (Å²) in [6.07, 6.45) is -4.74. The maximum absolute atomic E-state index is 13.1. The Morgan fingerprint density at radius 2 is 1.57 bits per heavy atom. The fourth-order valence-corrected chi connectivity index (χ4v) is 7.19. The van der Waals surface area contributed by atoms with Crippen LogP contribution in [0.4, 0.5) is 13.2 Å². The van der Waals surface area contributed by atoms with Crippen molar-refractivity contribution in [2.75, 3.05) is 12.3 Å². The van der Waals surface area contributed by atoms with Gasteiger partial charge in [0.1, 0.15) is 6.04 Å². The van der Waals surface area contributed by atoms with Gasteiger partial charge in [0.25, 0.3) is 0 Å². The predicted octanol–water partition coefficient (Wildman–Crippen LogP) is 7.35. The molecule has 4 atom stereocenters. The van der Waals surface area contributed by atoms with Crippen LogP contribution < -0.4 is 5.32 Å². The monoisotopic (exact) mass is 690 g/mol. The van der Waals surface area contributed by atoms with E-state index < -0.39 is 30.3 Å². The van der Waals surface area contributed by atoms with Crippen molar-refractivity contribution >= 4 is 23.6 Å². The number of benzene rings is 4. The normalized spacial score (nSPS) is 21.0. The highest BCUT2D eigenvalue weighted by atomic mass is 32.2. The molecule has 0 aromatic heterocycles. The highest BCUT2D eigenvalue weighted by Gasteiger charge is 2.47. The molecule has 4 aromatic carbocycles. The number of rotatable bonds is 10. The van der Waals surface area contributed by atoms with Gasteiger partial charge in [-0.05, 0) is 52.8 Å². The molecule has 0 aliphatic carbocycles. The van der Waals surface area contributed by atoms with E-state index in [1.54, 1.807) is 11.8 Å². The number of ether oxygens (including phenoxy) is 2. The van der Waals surface area contributed by atoms with E-state index in [1.165, 1.54) is 0 Å². The molecule has 4 aromatic rings. The van der Waals surface area contributed by atoms with Gasteiger partial charge in [0.15, 0.2) is 6.29 Å². The molecular weight excluding hydrogens is 653 g/mol. The van der Waals surface area contributed by atoms with E-state index in [0.717, 1.165) is 44.0 Å². The first kappa shape index (κ1) is 34.7. The van der Waals surface area contributed by atoms with Gasteiger partial charge >= 0.3 is 12.1 Å². The third-order valence-electron chi connectivity index (χ3n) is 8.82. The number of carbonyl (C=O) groups is 2. The summed E-state index contributed by atoms with van der Waals surface area (Å²) in [7, 11) is 0. The van der Waals surface area contributed by atoms with Gasteiger partial charge in [0, 0.05) is 35.7 Å². The molecule has 2 aliphatic rings. The fraction of sp³-hybridized carbons (Fsp3) is 0.316. The van der Waals surface area contributed by atoms with Crippen molar-refractivity contribution in [2.24, 2.45) is 0 Å². The number of hydrogen-bond acceptors (Lipinski definition) is 6. The zero-order chi connectivity index (χ0) is 34.4. The molecule has 2 fully saturated rings. The Bertz CT molecular complexity index is 1720. The zero-order valence-corrected chi connectivity index (χ0v) is 27.5. The minimum atomic E-state index is -5.02. The van der Waals surface area contributed by atoms with Gasteiger partial charge in [-0.15, -0.1) is 11.8 Å². The number of halogens is 3. The van der Waals surface area contributed by atoms with Gasteiger partial charge in [-0.2, -0.15) is 13.2 Å². The summed E-state index contributed by atoms with van der Waals surface area (Å²) in [5, 5.41) is 12.3. The van der Waals surface area contributed by atoms with Crippen molar-refractivity contribution in [3.05, 3.63) is 125 Å². The summed E-state index contributed by atoms with van der Waals surface area (Å²) in [6, 6.07) is 32.1. The average molecular weight is 691 g/mol. The first-order valence-electron chi connectivity index (χ1n) is 16.2. The fourth-order valence-electron chi connectivity index (χ4n) is 6.25. The van der Waals surface area contributed by atoms with Crippen LogP contribution in [0.1, 0.15) is 53.9 Å². The Labute approximate surface area is 287 Å². The third kappa shape index (κ3) is 8.53.